The maximum absolute atomic E-state index is 3.44. The Morgan fingerprint density at radius 3 is 2.18 bits per heavy atom. The zero-order valence-electron chi connectivity index (χ0n) is 8.70. The van der Waals surface area contributed by atoms with Gasteiger partial charge in [-0.2, -0.15) is 0 Å². The highest BCUT2D eigenvalue weighted by atomic mass is 14.9. The van der Waals surface area contributed by atoms with Crippen molar-refractivity contribution in [2.24, 2.45) is 5.41 Å². The van der Waals surface area contributed by atoms with Gasteiger partial charge in [0, 0.05) is 6.04 Å². The predicted molar refractivity (Wildman–Crippen MR) is 51.8 cm³/mol. The van der Waals surface area contributed by atoms with Crippen molar-refractivity contribution >= 4 is 0 Å². The Balaban J connectivity index is 3.38. The average molecular weight is 157 g/mol. The lowest BCUT2D eigenvalue weighted by Crippen LogP contribution is -2.27. The number of nitrogens with one attached hydrogen (secondary N) is 1. The van der Waals surface area contributed by atoms with E-state index >= 15 is 0 Å². The van der Waals surface area contributed by atoms with E-state index in [2.05, 4.69) is 39.9 Å². The van der Waals surface area contributed by atoms with Gasteiger partial charge in [0.25, 0.3) is 0 Å². The third-order valence-corrected chi connectivity index (χ3v) is 2.31. The smallest absolute Gasteiger partial charge is 0.00103 e. The summed E-state index contributed by atoms with van der Waals surface area (Å²) in [6.07, 6.45) is 2.55. The molecule has 0 aromatic rings. The van der Waals surface area contributed by atoms with Crippen molar-refractivity contribution in [2.75, 3.05) is 6.54 Å². The lowest BCUT2D eigenvalue weighted by Gasteiger charge is -2.23. The summed E-state index contributed by atoms with van der Waals surface area (Å²) in [6.45, 7) is 12.5. The van der Waals surface area contributed by atoms with Crippen LogP contribution in [0, 0.1) is 5.41 Å². The van der Waals surface area contributed by atoms with Gasteiger partial charge in [0.15, 0.2) is 0 Å². The summed E-state index contributed by atoms with van der Waals surface area (Å²) in [5, 5.41) is 3.44. The minimum atomic E-state index is 0.516. The van der Waals surface area contributed by atoms with Crippen molar-refractivity contribution in [1.29, 1.82) is 0 Å². The van der Waals surface area contributed by atoms with Crippen molar-refractivity contribution in [2.45, 2.75) is 53.5 Å². The summed E-state index contributed by atoms with van der Waals surface area (Å²) in [5.74, 6) is 0. The molecule has 0 fully saturated rings. The monoisotopic (exact) mass is 157 g/mol. The molecule has 0 atom stereocenters. The molecule has 0 rings (SSSR count). The second-order valence-electron chi connectivity index (χ2n) is 4.38. The molecule has 0 aliphatic rings. The summed E-state index contributed by atoms with van der Waals surface area (Å²) < 4.78 is 0. The van der Waals surface area contributed by atoms with Crippen LogP contribution in [0.1, 0.15) is 47.5 Å². The number of hydrogen-bond acceptors (Lipinski definition) is 1. The Labute approximate surface area is 71.6 Å². The maximum atomic E-state index is 3.44. The zero-order chi connectivity index (χ0) is 8.91. The van der Waals surface area contributed by atoms with E-state index < -0.39 is 0 Å². The van der Waals surface area contributed by atoms with Crippen molar-refractivity contribution in [1.82, 2.24) is 5.32 Å². The normalized spacial score (nSPS) is 12.5. The molecule has 68 valence electrons. The van der Waals surface area contributed by atoms with E-state index in [0.717, 1.165) is 6.54 Å². The van der Waals surface area contributed by atoms with E-state index in [1.54, 1.807) is 0 Å². The van der Waals surface area contributed by atoms with Gasteiger partial charge in [0.2, 0.25) is 0 Å². The highest BCUT2D eigenvalue weighted by Crippen LogP contribution is 2.23. The van der Waals surface area contributed by atoms with E-state index in [1.165, 1.54) is 12.8 Å². The van der Waals surface area contributed by atoms with Crippen molar-refractivity contribution < 1.29 is 0 Å². The van der Waals surface area contributed by atoms with E-state index in [9.17, 15) is 0 Å². The lowest BCUT2D eigenvalue weighted by molar-refractivity contribution is 0.311. The Morgan fingerprint density at radius 2 is 1.82 bits per heavy atom. The molecular weight excluding hydrogens is 134 g/mol. The largest absolute Gasteiger partial charge is 0.315 e. The summed E-state index contributed by atoms with van der Waals surface area (Å²) in [5.41, 5.74) is 0.516. The molecule has 0 amide bonds. The maximum Gasteiger partial charge on any atom is 0.00103 e. The molecule has 0 unspecified atom stereocenters. The second-order valence-corrected chi connectivity index (χ2v) is 4.38. The summed E-state index contributed by atoms with van der Waals surface area (Å²) in [7, 11) is 0. The lowest BCUT2D eigenvalue weighted by atomic mass is 9.86. The molecule has 0 saturated carbocycles. The number of rotatable bonds is 5. The Bertz CT molecular complexity index is 95.0. The SMILES string of the molecule is CCC(C)(C)CCNC(C)C. The molecule has 0 aliphatic carbocycles. The minimum absolute atomic E-state index is 0.516. The molecule has 0 saturated heterocycles. The van der Waals surface area contributed by atoms with Crippen molar-refractivity contribution in [3.05, 3.63) is 0 Å². The average Bonchev–Trinajstić information content (AvgIpc) is 1.87. The third kappa shape index (κ3) is 6.36. The highest BCUT2D eigenvalue weighted by Gasteiger charge is 2.13. The second kappa shape index (κ2) is 4.76. The predicted octanol–water partition coefficient (Wildman–Crippen LogP) is 2.81. The first kappa shape index (κ1) is 11.0. The van der Waals surface area contributed by atoms with Gasteiger partial charge in [0.05, 0.1) is 0 Å². The first-order chi connectivity index (χ1) is 4.98. The van der Waals surface area contributed by atoms with Crippen LogP contribution in [0.25, 0.3) is 0 Å². The van der Waals surface area contributed by atoms with Crippen LogP contribution >= 0.6 is 0 Å². The van der Waals surface area contributed by atoms with E-state index in [4.69, 9.17) is 0 Å². The summed E-state index contributed by atoms with van der Waals surface area (Å²) >= 11 is 0. The summed E-state index contributed by atoms with van der Waals surface area (Å²) in [6, 6.07) is 0.627. The van der Waals surface area contributed by atoms with Crippen molar-refractivity contribution in [3.8, 4) is 0 Å². The van der Waals surface area contributed by atoms with Gasteiger partial charge >= 0.3 is 0 Å². The van der Waals surface area contributed by atoms with Crippen LogP contribution in [0.4, 0.5) is 0 Å². The molecule has 1 N–H and O–H groups in total. The Hall–Kier alpha value is -0.0400. The van der Waals surface area contributed by atoms with Crippen LogP contribution in [0.5, 0.6) is 0 Å². The van der Waals surface area contributed by atoms with Gasteiger partial charge in [-0.1, -0.05) is 41.0 Å². The van der Waals surface area contributed by atoms with Crippen LogP contribution in [0.15, 0.2) is 0 Å². The first-order valence-electron chi connectivity index (χ1n) is 4.71. The van der Waals surface area contributed by atoms with Gasteiger partial charge < -0.3 is 5.32 Å². The zero-order valence-corrected chi connectivity index (χ0v) is 8.70. The molecule has 0 aromatic carbocycles. The van der Waals surface area contributed by atoms with Crippen LogP contribution < -0.4 is 5.32 Å². The fourth-order valence-electron chi connectivity index (χ4n) is 0.876. The highest BCUT2D eigenvalue weighted by molar-refractivity contribution is 4.68. The topological polar surface area (TPSA) is 12.0 Å². The van der Waals surface area contributed by atoms with E-state index in [-0.39, 0.29) is 0 Å². The fraction of sp³-hybridized carbons (Fsp3) is 1.00. The Morgan fingerprint density at radius 1 is 1.27 bits per heavy atom. The molecular formula is C10H23N. The number of hydrogen-bond donors (Lipinski definition) is 1. The first-order valence-corrected chi connectivity index (χ1v) is 4.71. The standard InChI is InChI=1S/C10H23N/c1-6-10(4,5)7-8-11-9(2)3/h9,11H,6-8H2,1-5H3. The third-order valence-electron chi connectivity index (χ3n) is 2.31. The van der Waals surface area contributed by atoms with Gasteiger partial charge in [-0.3, -0.25) is 0 Å². The quantitative estimate of drug-likeness (QED) is 0.647. The molecule has 0 bridgehead atoms. The Kier molecular flexibility index (Phi) is 4.74. The van der Waals surface area contributed by atoms with Gasteiger partial charge in [-0.15, -0.1) is 0 Å². The van der Waals surface area contributed by atoms with Gasteiger partial charge in [-0.25, -0.2) is 0 Å². The molecule has 0 aliphatic heterocycles. The molecule has 0 radical (unpaired) electrons. The fourth-order valence-corrected chi connectivity index (χ4v) is 0.876. The molecule has 1 nitrogen and oxygen atoms in total. The van der Waals surface area contributed by atoms with Crippen LogP contribution in [-0.4, -0.2) is 12.6 Å². The van der Waals surface area contributed by atoms with E-state index in [0.29, 0.717) is 11.5 Å². The summed E-state index contributed by atoms with van der Waals surface area (Å²) in [4.78, 5) is 0. The molecule has 1 heteroatoms. The van der Waals surface area contributed by atoms with Crippen LogP contribution in [0.3, 0.4) is 0 Å². The van der Waals surface area contributed by atoms with Gasteiger partial charge in [-0.05, 0) is 18.4 Å². The minimum Gasteiger partial charge on any atom is -0.315 e. The molecule has 11 heavy (non-hydrogen) atoms. The molecule has 0 aromatic heterocycles. The van der Waals surface area contributed by atoms with Crippen molar-refractivity contribution in [3.63, 3.8) is 0 Å². The van der Waals surface area contributed by atoms with E-state index in [1.807, 2.05) is 0 Å². The van der Waals surface area contributed by atoms with Crippen LogP contribution in [-0.2, 0) is 0 Å². The van der Waals surface area contributed by atoms with Gasteiger partial charge in [0.1, 0.15) is 0 Å². The molecule has 0 heterocycles. The molecule has 0 spiro atoms. The van der Waals surface area contributed by atoms with Crippen LogP contribution in [0.2, 0.25) is 0 Å².